The van der Waals surface area contributed by atoms with E-state index in [-0.39, 0.29) is 18.8 Å². The maximum Gasteiger partial charge on any atom is 0.211 e. The van der Waals surface area contributed by atoms with Crippen LogP contribution in [0, 0.1) is 0 Å². The van der Waals surface area contributed by atoms with Crippen molar-refractivity contribution in [3.8, 4) is 0 Å². The van der Waals surface area contributed by atoms with E-state index < -0.39 is 10.0 Å². The Morgan fingerprint density at radius 3 is 2.75 bits per heavy atom. The summed E-state index contributed by atoms with van der Waals surface area (Å²) in [5, 5.41) is 8.91. The molecular weight excluding hydrogens is 230 g/mol. The summed E-state index contributed by atoms with van der Waals surface area (Å²) in [4.78, 5) is 0. The molecule has 0 aromatic heterocycles. The highest BCUT2D eigenvalue weighted by Crippen LogP contribution is 2.16. The summed E-state index contributed by atoms with van der Waals surface area (Å²) < 4.78 is 30.1. The zero-order valence-electron chi connectivity index (χ0n) is 9.92. The number of rotatable bonds is 3. The molecule has 5 nitrogen and oxygen atoms in total. The molecule has 0 saturated carbocycles. The monoisotopic (exact) mass is 251 g/mol. The molecule has 0 spiro atoms. The van der Waals surface area contributed by atoms with Crippen molar-refractivity contribution in [3.05, 3.63) is 0 Å². The van der Waals surface area contributed by atoms with Crippen molar-refractivity contribution in [1.82, 2.24) is 4.31 Å². The first-order chi connectivity index (χ1) is 7.43. The lowest BCUT2D eigenvalue weighted by Crippen LogP contribution is -2.42. The Kier molecular flexibility index (Phi) is 5.17. The van der Waals surface area contributed by atoms with E-state index in [0.717, 1.165) is 12.8 Å². The van der Waals surface area contributed by atoms with E-state index in [2.05, 4.69) is 0 Å². The van der Waals surface area contributed by atoms with Gasteiger partial charge in [-0.25, -0.2) is 8.42 Å². The van der Waals surface area contributed by atoms with Crippen LogP contribution in [0.15, 0.2) is 0 Å². The Bertz CT molecular complexity index is 304. The molecule has 96 valence electrons. The average molecular weight is 251 g/mol. The SMILES string of the molecule is C[C@H]1CCCN(S(C)(=O)=O)C[C@@H](CCO)O1. The molecule has 1 rings (SSSR count). The van der Waals surface area contributed by atoms with Crippen LogP contribution in [0.2, 0.25) is 0 Å². The first-order valence-corrected chi connectivity index (χ1v) is 7.49. The van der Waals surface area contributed by atoms with Gasteiger partial charge in [-0.3, -0.25) is 0 Å². The molecular formula is C10H21NO4S. The highest BCUT2D eigenvalue weighted by molar-refractivity contribution is 7.88. The van der Waals surface area contributed by atoms with Crippen LogP contribution in [0.3, 0.4) is 0 Å². The van der Waals surface area contributed by atoms with Crippen LogP contribution in [0.4, 0.5) is 0 Å². The molecule has 1 N–H and O–H groups in total. The van der Waals surface area contributed by atoms with Crippen molar-refractivity contribution in [2.24, 2.45) is 0 Å². The third-order valence-corrected chi connectivity index (χ3v) is 4.04. The molecule has 0 unspecified atom stereocenters. The third kappa shape index (κ3) is 4.37. The standard InChI is InChI=1S/C10H21NO4S/c1-9-4-3-6-11(16(2,13)14)8-10(15-9)5-7-12/h9-10,12H,3-8H2,1-2H3/t9-,10+/m0/s1. The van der Waals surface area contributed by atoms with Crippen LogP contribution in [0.25, 0.3) is 0 Å². The van der Waals surface area contributed by atoms with Gasteiger partial charge in [0.1, 0.15) is 0 Å². The van der Waals surface area contributed by atoms with E-state index in [4.69, 9.17) is 9.84 Å². The molecule has 1 fully saturated rings. The number of aliphatic hydroxyl groups excluding tert-OH is 1. The van der Waals surface area contributed by atoms with Crippen LogP contribution in [0.1, 0.15) is 26.2 Å². The quantitative estimate of drug-likeness (QED) is 0.778. The van der Waals surface area contributed by atoms with Crippen molar-refractivity contribution >= 4 is 10.0 Å². The lowest BCUT2D eigenvalue weighted by Gasteiger charge is -2.31. The summed E-state index contributed by atoms with van der Waals surface area (Å²) in [6.45, 7) is 2.91. The van der Waals surface area contributed by atoms with Crippen molar-refractivity contribution in [2.45, 2.75) is 38.4 Å². The third-order valence-electron chi connectivity index (χ3n) is 2.77. The smallest absolute Gasteiger partial charge is 0.211 e. The van der Waals surface area contributed by atoms with Gasteiger partial charge in [0.05, 0.1) is 18.5 Å². The molecule has 0 aromatic rings. The van der Waals surface area contributed by atoms with Crippen LogP contribution < -0.4 is 0 Å². The number of hydrogen-bond donors (Lipinski definition) is 1. The van der Waals surface area contributed by atoms with Gasteiger partial charge >= 0.3 is 0 Å². The molecule has 1 aliphatic heterocycles. The molecule has 1 saturated heterocycles. The molecule has 0 radical (unpaired) electrons. The number of nitrogens with zero attached hydrogens (tertiary/aromatic N) is 1. The lowest BCUT2D eigenvalue weighted by atomic mass is 10.1. The van der Waals surface area contributed by atoms with E-state index in [1.807, 2.05) is 6.92 Å². The minimum Gasteiger partial charge on any atom is -0.396 e. The first-order valence-electron chi connectivity index (χ1n) is 5.65. The summed E-state index contributed by atoms with van der Waals surface area (Å²) in [7, 11) is -3.16. The second-order valence-electron chi connectivity index (χ2n) is 4.34. The van der Waals surface area contributed by atoms with Gasteiger partial charge in [-0.2, -0.15) is 4.31 Å². The second kappa shape index (κ2) is 5.95. The zero-order valence-corrected chi connectivity index (χ0v) is 10.7. The second-order valence-corrected chi connectivity index (χ2v) is 6.33. The Morgan fingerprint density at radius 2 is 2.19 bits per heavy atom. The summed E-state index contributed by atoms with van der Waals surface area (Å²) in [6.07, 6.45) is 3.31. The Balaban J connectivity index is 2.68. The van der Waals surface area contributed by atoms with E-state index >= 15 is 0 Å². The summed E-state index contributed by atoms with van der Waals surface area (Å²) in [5.41, 5.74) is 0. The molecule has 2 atom stereocenters. The Morgan fingerprint density at radius 1 is 1.50 bits per heavy atom. The van der Waals surface area contributed by atoms with Crippen molar-refractivity contribution < 1.29 is 18.3 Å². The molecule has 0 aromatic carbocycles. The van der Waals surface area contributed by atoms with Gasteiger partial charge in [0.25, 0.3) is 0 Å². The fourth-order valence-corrected chi connectivity index (χ4v) is 2.82. The van der Waals surface area contributed by atoms with Gasteiger partial charge in [-0.1, -0.05) is 0 Å². The van der Waals surface area contributed by atoms with E-state index in [1.54, 1.807) is 0 Å². The maximum atomic E-state index is 11.5. The maximum absolute atomic E-state index is 11.5. The zero-order chi connectivity index (χ0) is 12.2. The van der Waals surface area contributed by atoms with Gasteiger partial charge in [0, 0.05) is 19.7 Å². The van der Waals surface area contributed by atoms with Crippen molar-refractivity contribution in [2.75, 3.05) is 26.0 Å². The van der Waals surface area contributed by atoms with Gasteiger partial charge in [-0.15, -0.1) is 0 Å². The fraction of sp³-hybridized carbons (Fsp3) is 1.00. The highest BCUT2D eigenvalue weighted by atomic mass is 32.2. The normalized spacial score (nSPS) is 29.7. The van der Waals surface area contributed by atoms with Crippen LogP contribution in [-0.4, -0.2) is 56.0 Å². The minimum absolute atomic E-state index is 0.0228. The van der Waals surface area contributed by atoms with E-state index in [9.17, 15) is 8.42 Å². The fourth-order valence-electron chi connectivity index (χ4n) is 1.92. The molecule has 1 aliphatic rings. The van der Waals surface area contributed by atoms with E-state index in [0.29, 0.717) is 19.5 Å². The molecule has 16 heavy (non-hydrogen) atoms. The van der Waals surface area contributed by atoms with Gasteiger partial charge in [0.15, 0.2) is 0 Å². The van der Waals surface area contributed by atoms with Gasteiger partial charge < -0.3 is 9.84 Å². The summed E-state index contributed by atoms with van der Waals surface area (Å²) in [6, 6.07) is 0. The number of sulfonamides is 1. The minimum atomic E-state index is -3.16. The Hall–Kier alpha value is -0.170. The van der Waals surface area contributed by atoms with Crippen LogP contribution in [0.5, 0.6) is 0 Å². The predicted molar refractivity (Wildman–Crippen MR) is 61.7 cm³/mol. The van der Waals surface area contributed by atoms with Crippen LogP contribution in [-0.2, 0) is 14.8 Å². The Labute approximate surface area is 97.4 Å². The average Bonchev–Trinajstić information content (AvgIpc) is 2.11. The van der Waals surface area contributed by atoms with Crippen molar-refractivity contribution in [1.29, 1.82) is 0 Å². The molecule has 0 bridgehead atoms. The molecule has 0 amide bonds. The topological polar surface area (TPSA) is 66.8 Å². The highest BCUT2D eigenvalue weighted by Gasteiger charge is 2.25. The van der Waals surface area contributed by atoms with Gasteiger partial charge in [0.2, 0.25) is 10.0 Å². The molecule has 1 heterocycles. The number of aliphatic hydroxyl groups is 1. The number of ether oxygens (including phenoxy) is 1. The largest absolute Gasteiger partial charge is 0.396 e. The summed E-state index contributed by atoms with van der Waals surface area (Å²) in [5.74, 6) is 0. The predicted octanol–water partition coefficient (Wildman–Crippen LogP) is 0.198. The van der Waals surface area contributed by atoms with Gasteiger partial charge in [-0.05, 0) is 26.2 Å². The van der Waals surface area contributed by atoms with E-state index in [1.165, 1.54) is 10.6 Å². The molecule has 0 aliphatic carbocycles. The number of hydrogen-bond acceptors (Lipinski definition) is 4. The van der Waals surface area contributed by atoms with Crippen molar-refractivity contribution in [3.63, 3.8) is 0 Å². The lowest BCUT2D eigenvalue weighted by molar-refractivity contribution is -0.0351. The first kappa shape index (κ1) is 13.9. The van der Waals surface area contributed by atoms with Crippen LogP contribution >= 0.6 is 0 Å². The molecule has 6 heteroatoms. The summed E-state index contributed by atoms with van der Waals surface area (Å²) >= 11 is 0.